The molecular formula is C23H27N3O4. The summed E-state index contributed by atoms with van der Waals surface area (Å²) in [4.78, 5) is 39.3. The van der Waals surface area contributed by atoms with E-state index in [1.807, 2.05) is 37.3 Å². The highest BCUT2D eigenvalue weighted by Gasteiger charge is 2.35. The number of benzene rings is 2. The third kappa shape index (κ3) is 5.45. The predicted molar refractivity (Wildman–Crippen MR) is 115 cm³/mol. The van der Waals surface area contributed by atoms with Gasteiger partial charge >= 0.3 is 0 Å². The van der Waals surface area contributed by atoms with E-state index in [0.717, 1.165) is 5.69 Å². The monoisotopic (exact) mass is 409 g/mol. The molecule has 0 spiro atoms. The first kappa shape index (κ1) is 21.5. The van der Waals surface area contributed by atoms with Gasteiger partial charge in [0.05, 0.1) is 17.2 Å². The van der Waals surface area contributed by atoms with Crippen molar-refractivity contribution in [1.82, 2.24) is 5.32 Å². The lowest BCUT2D eigenvalue weighted by Gasteiger charge is -2.17. The molecule has 30 heavy (non-hydrogen) atoms. The van der Waals surface area contributed by atoms with Crippen LogP contribution in [0.5, 0.6) is 0 Å². The molecule has 2 aromatic rings. The fraction of sp³-hybridized carbons (Fsp3) is 0.348. The Bertz CT molecular complexity index is 885. The van der Waals surface area contributed by atoms with Crippen LogP contribution in [0, 0.1) is 5.92 Å². The minimum atomic E-state index is -0.472. The van der Waals surface area contributed by atoms with Crippen LogP contribution in [-0.4, -0.2) is 44.0 Å². The fourth-order valence-electron chi connectivity index (χ4n) is 3.38. The van der Waals surface area contributed by atoms with Crippen molar-refractivity contribution in [3.05, 3.63) is 60.2 Å². The van der Waals surface area contributed by atoms with E-state index in [0.29, 0.717) is 44.0 Å². The zero-order valence-electron chi connectivity index (χ0n) is 17.1. The third-order valence-electron chi connectivity index (χ3n) is 4.95. The number of amides is 3. The van der Waals surface area contributed by atoms with Crippen LogP contribution in [0.1, 0.15) is 30.1 Å². The number of anilines is 2. The second-order valence-electron chi connectivity index (χ2n) is 7.08. The molecule has 1 unspecified atom stereocenters. The van der Waals surface area contributed by atoms with Gasteiger partial charge in [-0.2, -0.15) is 0 Å². The van der Waals surface area contributed by atoms with E-state index >= 15 is 0 Å². The number of carbonyl (C=O) groups excluding carboxylic acids is 3. The number of nitrogens with zero attached hydrogens (tertiary/aromatic N) is 1. The maximum Gasteiger partial charge on any atom is 0.253 e. The van der Waals surface area contributed by atoms with E-state index in [1.54, 1.807) is 29.2 Å². The molecule has 0 aliphatic carbocycles. The molecule has 0 radical (unpaired) electrons. The van der Waals surface area contributed by atoms with Crippen molar-refractivity contribution in [3.63, 3.8) is 0 Å². The molecule has 2 aromatic carbocycles. The Hall–Kier alpha value is -3.19. The van der Waals surface area contributed by atoms with E-state index < -0.39 is 5.92 Å². The van der Waals surface area contributed by atoms with E-state index in [9.17, 15) is 14.4 Å². The number of hydrogen-bond donors (Lipinski definition) is 2. The smallest absolute Gasteiger partial charge is 0.253 e. The molecule has 1 heterocycles. The van der Waals surface area contributed by atoms with Crippen LogP contribution in [-0.2, 0) is 14.3 Å². The molecule has 0 bridgehead atoms. The maximum atomic E-state index is 12.8. The van der Waals surface area contributed by atoms with Gasteiger partial charge in [0.15, 0.2) is 0 Å². The molecule has 2 N–H and O–H groups in total. The average Bonchev–Trinajstić information content (AvgIpc) is 3.16. The van der Waals surface area contributed by atoms with Crippen LogP contribution in [0.25, 0.3) is 0 Å². The molecule has 1 saturated heterocycles. The van der Waals surface area contributed by atoms with Crippen LogP contribution in [0.4, 0.5) is 11.4 Å². The molecule has 1 aliphatic heterocycles. The Morgan fingerprint density at radius 2 is 1.83 bits per heavy atom. The first-order chi connectivity index (χ1) is 14.6. The van der Waals surface area contributed by atoms with Gasteiger partial charge in [0.25, 0.3) is 5.91 Å². The summed E-state index contributed by atoms with van der Waals surface area (Å²) >= 11 is 0. The quantitative estimate of drug-likeness (QED) is 0.624. The molecule has 0 saturated carbocycles. The minimum Gasteiger partial charge on any atom is -0.382 e. The van der Waals surface area contributed by atoms with Crippen molar-refractivity contribution in [2.75, 3.05) is 36.5 Å². The fourth-order valence-corrected chi connectivity index (χ4v) is 3.38. The molecule has 158 valence electrons. The molecule has 0 aromatic heterocycles. The van der Waals surface area contributed by atoms with Crippen molar-refractivity contribution in [2.24, 2.45) is 5.92 Å². The molecule has 7 heteroatoms. The van der Waals surface area contributed by atoms with Gasteiger partial charge in [-0.15, -0.1) is 0 Å². The number of rotatable bonds is 9. The molecule has 1 fully saturated rings. The number of ether oxygens (including phenoxy) is 1. The summed E-state index contributed by atoms with van der Waals surface area (Å²) in [5.74, 6) is -1.07. The number of hydrogen-bond acceptors (Lipinski definition) is 4. The highest BCUT2D eigenvalue weighted by Crippen LogP contribution is 2.26. The van der Waals surface area contributed by atoms with Gasteiger partial charge in [0.1, 0.15) is 0 Å². The standard InChI is InChI=1S/C23H27N3O4/c1-2-30-14-8-13-24-23(29)19-11-6-7-12-20(19)25-22(28)17-15-21(27)26(16-17)18-9-4-3-5-10-18/h3-7,9-12,17H,2,8,13-16H2,1H3,(H,24,29)(H,25,28). The van der Waals surface area contributed by atoms with Crippen LogP contribution >= 0.6 is 0 Å². The van der Waals surface area contributed by atoms with E-state index in [-0.39, 0.29) is 24.1 Å². The predicted octanol–water partition coefficient (Wildman–Crippen LogP) is 2.83. The molecule has 3 rings (SSSR count). The summed E-state index contributed by atoms with van der Waals surface area (Å²) in [5, 5.41) is 5.68. The lowest BCUT2D eigenvalue weighted by molar-refractivity contribution is -0.122. The Labute approximate surface area is 176 Å². The van der Waals surface area contributed by atoms with Crippen LogP contribution in [0.3, 0.4) is 0 Å². The van der Waals surface area contributed by atoms with E-state index in [4.69, 9.17) is 4.74 Å². The highest BCUT2D eigenvalue weighted by molar-refractivity contribution is 6.07. The zero-order valence-corrected chi connectivity index (χ0v) is 17.1. The van der Waals surface area contributed by atoms with Gasteiger partial charge in [-0.25, -0.2) is 0 Å². The Kier molecular flexibility index (Phi) is 7.57. The van der Waals surface area contributed by atoms with Gasteiger partial charge in [0.2, 0.25) is 11.8 Å². The Balaban J connectivity index is 1.60. The average molecular weight is 409 g/mol. The summed E-state index contributed by atoms with van der Waals surface area (Å²) in [6.07, 6.45) is 0.861. The molecule has 1 aliphatic rings. The first-order valence-electron chi connectivity index (χ1n) is 10.2. The van der Waals surface area contributed by atoms with Crippen LogP contribution in [0.2, 0.25) is 0 Å². The summed E-state index contributed by atoms with van der Waals surface area (Å²) in [5.41, 5.74) is 1.62. The zero-order chi connectivity index (χ0) is 21.3. The van der Waals surface area contributed by atoms with Gasteiger partial charge in [0, 0.05) is 38.4 Å². The van der Waals surface area contributed by atoms with Crippen LogP contribution < -0.4 is 15.5 Å². The lowest BCUT2D eigenvalue weighted by Crippen LogP contribution is -2.30. The van der Waals surface area contributed by atoms with Crippen molar-refractivity contribution in [3.8, 4) is 0 Å². The molecular weight excluding hydrogens is 382 g/mol. The maximum absolute atomic E-state index is 12.8. The van der Waals surface area contributed by atoms with Gasteiger partial charge < -0.3 is 20.3 Å². The molecule has 7 nitrogen and oxygen atoms in total. The molecule has 1 atom stereocenters. The largest absolute Gasteiger partial charge is 0.382 e. The van der Waals surface area contributed by atoms with Crippen molar-refractivity contribution in [2.45, 2.75) is 19.8 Å². The van der Waals surface area contributed by atoms with E-state index in [1.165, 1.54) is 0 Å². The van der Waals surface area contributed by atoms with Gasteiger partial charge in [-0.05, 0) is 37.6 Å². The topological polar surface area (TPSA) is 87.7 Å². The van der Waals surface area contributed by atoms with E-state index in [2.05, 4.69) is 10.6 Å². The van der Waals surface area contributed by atoms with Crippen molar-refractivity contribution >= 4 is 29.1 Å². The normalized spacial score (nSPS) is 15.8. The minimum absolute atomic E-state index is 0.0818. The van der Waals surface area contributed by atoms with Gasteiger partial charge in [-0.3, -0.25) is 14.4 Å². The summed E-state index contributed by atoms with van der Waals surface area (Å²) in [7, 11) is 0. The summed E-state index contributed by atoms with van der Waals surface area (Å²) < 4.78 is 5.26. The summed E-state index contributed by atoms with van der Waals surface area (Å²) in [6, 6.07) is 16.2. The SMILES string of the molecule is CCOCCCNC(=O)c1ccccc1NC(=O)C1CC(=O)N(c2ccccc2)C1. The number of para-hydroxylation sites is 2. The summed E-state index contributed by atoms with van der Waals surface area (Å²) in [6.45, 7) is 3.97. The number of carbonyl (C=O) groups is 3. The highest BCUT2D eigenvalue weighted by atomic mass is 16.5. The van der Waals surface area contributed by atoms with Crippen molar-refractivity contribution < 1.29 is 19.1 Å². The van der Waals surface area contributed by atoms with Crippen LogP contribution in [0.15, 0.2) is 54.6 Å². The number of nitrogens with one attached hydrogen (secondary N) is 2. The third-order valence-corrected chi connectivity index (χ3v) is 4.95. The second kappa shape index (κ2) is 10.5. The molecule has 3 amide bonds. The Morgan fingerprint density at radius 1 is 1.10 bits per heavy atom. The lowest BCUT2D eigenvalue weighted by atomic mass is 10.1. The Morgan fingerprint density at radius 3 is 2.60 bits per heavy atom. The second-order valence-corrected chi connectivity index (χ2v) is 7.08. The van der Waals surface area contributed by atoms with Gasteiger partial charge in [-0.1, -0.05) is 30.3 Å². The first-order valence-corrected chi connectivity index (χ1v) is 10.2. The van der Waals surface area contributed by atoms with Crippen molar-refractivity contribution in [1.29, 1.82) is 0 Å².